The minimum absolute atomic E-state index is 0.268. The molecule has 1 amide bonds. The molecule has 0 saturated carbocycles. The molecule has 5 nitrogen and oxygen atoms in total. The van der Waals surface area contributed by atoms with Crippen molar-refractivity contribution in [2.45, 2.75) is 32.1 Å². The number of nitrogens with zero attached hydrogens (tertiary/aromatic N) is 1. The predicted molar refractivity (Wildman–Crippen MR) is 118 cm³/mol. The van der Waals surface area contributed by atoms with Gasteiger partial charge in [0, 0.05) is 18.1 Å². The molecular formula is C21H27FN2O3S2. The second-order valence-corrected chi connectivity index (χ2v) is 9.75. The largest absolute Gasteiger partial charge is 0.353 e. The number of sulfonamides is 1. The highest BCUT2D eigenvalue weighted by atomic mass is 32.2. The molecule has 0 heterocycles. The molecule has 1 unspecified atom stereocenters. The summed E-state index contributed by atoms with van der Waals surface area (Å²) in [7, 11) is -3.72. The summed E-state index contributed by atoms with van der Waals surface area (Å²) in [5, 5.41) is 2.82. The first-order valence-corrected chi connectivity index (χ1v) is 12.4. The Morgan fingerprint density at radius 1 is 1.14 bits per heavy atom. The second-order valence-electron chi connectivity index (χ2n) is 6.79. The Morgan fingerprint density at radius 2 is 1.76 bits per heavy atom. The number of thioether (sulfide) groups is 1. The quantitative estimate of drug-likeness (QED) is 0.574. The standard InChI is InChI=1S/C21H27FN2O3S2/c1-4-20(24(29(3,26)27)19-11-9-18(22)10-12-19)21(25)23-13-14-28-15-17-7-5-16(2)6-8-17/h5-12,20H,4,13-15H2,1-3H3,(H,23,25). The zero-order chi connectivity index (χ0) is 21.4. The summed E-state index contributed by atoms with van der Waals surface area (Å²) in [4.78, 5) is 12.7. The van der Waals surface area contributed by atoms with Crippen LogP contribution < -0.4 is 9.62 Å². The molecule has 0 aliphatic carbocycles. The molecule has 0 bridgehead atoms. The van der Waals surface area contributed by atoms with Crippen molar-refractivity contribution in [3.63, 3.8) is 0 Å². The Hall–Kier alpha value is -2.06. The summed E-state index contributed by atoms with van der Waals surface area (Å²) < 4.78 is 38.9. The molecule has 2 aromatic rings. The van der Waals surface area contributed by atoms with Gasteiger partial charge in [-0.1, -0.05) is 36.8 Å². The van der Waals surface area contributed by atoms with Crippen LogP contribution in [0.4, 0.5) is 10.1 Å². The van der Waals surface area contributed by atoms with Crippen LogP contribution in [-0.4, -0.2) is 38.9 Å². The lowest BCUT2D eigenvalue weighted by Gasteiger charge is -2.30. The van der Waals surface area contributed by atoms with E-state index in [2.05, 4.69) is 29.6 Å². The summed E-state index contributed by atoms with van der Waals surface area (Å²) in [6.45, 7) is 4.23. The van der Waals surface area contributed by atoms with Gasteiger partial charge in [0.1, 0.15) is 11.9 Å². The highest BCUT2D eigenvalue weighted by molar-refractivity contribution is 7.98. The highest BCUT2D eigenvalue weighted by Gasteiger charge is 2.31. The van der Waals surface area contributed by atoms with Crippen LogP contribution in [0.2, 0.25) is 0 Å². The fourth-order valence-electron chi connectivity index (χ4n) is 2.89. The van der Waals surface area contributed by atoms with Crippen molar-refractivity contribution in [2.24, 2.45) is 0 Å². The maximum Gasteiger partial charge on any atom is 0.243 e. The third-order valence-corrected chi connectivity index (χ3v) is 6.56. The van der Waals surface area contributed by atoms with Crippen LogP contribution in [0, 0.1) is 12.7 Å². The molecule has 0 saturated heterocycles. The zero-order valence-corrected chi connectivity index (χ0v) is 18.5. The van der Waals surface area contributed by atoms with Gasteiger partial charge in [0.25, 0.3) is 0 Å². The van der Waals surface area contributed by atoms with Crippen LogP contribution in [0.25, 0.3) is 0 Å². The lowest BCUT2D eigenvalue weighted by atomic mass is 10.2. The van der Waals surface area contributed by atoms with Gasteiger partial charge in [0.15, 0.2) is 0 Å². The lowest BCUT2D eigenvalue weighted by molar-refractivity contribution is -0.122. The van der Waals surface area contributed by atoms with Crippen molar-refractivity contribution in [2.75, 3.05) is 22.9 Å². The van der Waals surface area contributed by atoms with Gasteiger partial charge in [-0.25, -0.2) is 12.8 Å². The smallest absolute Gasteiger partial charge is 0.243 e. The number of carbonyl (C=O) groups excluding carboxylic acids is 1. The summed E-state index contributed by atoms with van der Waals surface area (Å²) in [5.74, 6) is 0.729. The van der Waals surface area contributed by atoms with Crippen molar-refractivity contribution in [1.82, 2.24) is 5.32 Å². The molecule has 0 aliphatic heterocycles. The van der Waals surface area contributed by atoms with E-state index in [0.717, 1.165) is 16.3 Å². The third-order valence-electron chi connectivity index (χ3n) is 4.35. The average Bonchev–Trinajstić information content (AvgIpc) is 2.67. The van der Waals surface area contributed by atoms with Crippen LogP contribution >= 0.6 is 11.8 Å². The van der Waals surface area contributed by atoms with Crippen LogP contribution in [-0.2, 0) is 20.6 Å². The molecule has 1 N–H and O–H groups in total. The first kappa shape index (κ1) is 23.2. The van der Waals surface area contributed by atoms with Gasteiger partial charge in [-0.15, -0.1) is 0 Å². The first-order chi connectivity index (χ1) is 13.7. The van der Waals surface area contributed by atoms with E-state index in [-0.39, 0.29) is 11.6 Å². The summed E-state index contributed by atoms with van der Waals surface area (Å²) in [6.07, 6.45) is 1.34. The zero-order valence-electron chi connectivity index (χ0n) is 16.9. The Morgan fingerprint density at radius 3 is 2.31 bits per heavy atom. The summed E-state index contributed by atoms with van der Waals surface area (Å²) in [5.41, 5.74) is 2.70. The minimum Gasteiger partial charge on any atom is -0.353 e. The molecular weight excluding hydrogens is 411 g/mol. The fourth-order valence-corrected chi connectivity index (χ4v) is 4.92. The molecule has 0 radical (unpaired) electrons. The number of aryl methyl sites for hydroxylation is 1. The molecule has 158 valence electrons. The number of hydrogen-bond donors (Lipinski definition) is 1. The molecule has 0 spiro atoms. The second kappa shape index (κ2) is 10.6. The maximum atomic E-state index is 13.2. The third kappa shape index (κ3) is 7.04. The number of amides is 1. The number of carbonyl (C=O) groups is 1. The van der Waals surface area contributed by atoms with Crippen LogP contribution in [0.3, 0.4) is 0 Å². The van der Waals surface area contributed by atoms with E-state index in [1.165, 1.54) is 35.4 Å². The topological polar surface area (TPSA) is 66.5 Å². The van der Waals surface area contributed by atoms with Crippen molar-refractivity contribution >= 4 is 33.4 Å². The van der Waals surface area contributed by atoms with Crippen molar-refractivity contribution < 1.29 is 17.6 Å². The first-order valence-electron chi connectivity index (χ1n) is 9.38. The Kier molecular flexibility index (Phi) is 8.52. The van der Waals surface area contributed by atoms with Gasteiger partial charge in [-0.3, -0.25) is 9.10 Å². The number of halogens is 1. The van der Waals surface area contributed by atoms with Gasteiger partial charge >= 0.3 is 0 Å². The average molecular weight is 439 g/mol. The lowest BCUT2D eigenvalue weighted by Crippen LogP contribution is -2.49. The van der Waals surface area contributed by atoms with Crippen molar-refractivity contribution in [3.8, 4) is 0 Å². The number of anilines is 1. The van der Waals surface area contributed by atoms with Crippen LogP contribution in [0.5, 0.6) is 0 Å². The van der Waals surface area contributed by atoms with Crippen LogP contribution in [0.15, 0.2) is 48.5 Å². The molecule has 2 rings (SSSR count). The monoisotopic (exact) mass is 438 g/mol. The number of benzene rings is 2. The SMILES string of the molecule is CCC(C(=O)NCCSCc1ccc(C)cc1)N(c1ccc(F)cc1)S(C)(=O)=O. The molecule has 0 aromatic heterocycles. The Labute approximate surface area is 176 Å². The van der Waals surface area contributed by atoms with E-state index in [0.29, 0.717) is 18.7 Å². The van der Waals surface area contributed by atoms with Crippen molar-refractivity contribution in [3.05, 3.63) is 65.5 Å². The van der Waals surface area contributed by atoms with Crippen LogP contribution in [0.1, 0.15) is 24.5 Å². The summed E-state index contributed by atoms with van der Waals surface area (Å²) >= 11 is 1.70. The number of rotatable bonds is 10. The Bertz CT molecular complexity index is 901. The fraction of sp³-hybridized carbons (Fsp3) is 0.381. The van der Waals surface area contributed by atoms with E-state index in [4.69, 9.17) is 0 Å². The molecule has 1 atom stereocenters. The van der Waals surface area contributed by atoms with E-state index >= 15 is 0 Å². The van der Waals surface area contributed by atoms with Gasteiger partial charge in [-0.05, 0) is 43.2 Å². The van der Waals surface area contributed by atoms with Gasteiger partial charge in [0.05, 0.1) is 11.9 Å². The molecule has 29 heavy (non-hydrogen) atoms. The Balaban J connectivity index is 1.94. The van der Waals surface area contributed by atoms with Crippen molar-refractivity contribution in [1.29, 1.82) is 0 Å². The molecule has 0 aliphatic rings. The highest BCUT2D eigenvalue weighted by Crippen LogP contribution is 2.23. The van der Waals surface area contributed by atoms with E-state index in [1.54, 1.807) is 18.7 Å². The summed E-state index contributed by atoms with van der Waals surface area (Å²) in [6, 6.07) is 12.5. The predicted octanol–water partition coefficient (Wildman–Crippen LogP) is 3.73. The molecule has 8 heteroatoms. The maximum absolute atomic E-state index is 13.2. The van der Waals surface area contributed by atoms with E-state index in [9.17, 15) is 17.6 Å². The molecule has 2 aromatic carbocycles. The minimum atomic E-state index is -3.72. The van der Waals surface area contributed by atoms with Gasteiger partial charge in [0.2, 0.25) is 15.9 Å². The normalized spacial score (nSPS) is 12.4. The number of nitrogens with one attached hydrogen (secondary N) is 1. The van der Waals surface area contributed by atoms with E-state index < -0.39 is 21.9 Å². The molecule has 0 fully saturated rings. The van der Waals surface area contributed by atoms with Gasteiger partial charge < -0.3 is 5.32 Å². The van der Waals surface area contributed by atoms with Gasteiger partial charge in [-0.2, -0.15) is 11.8 Å². The number of hydrogen-bond acceptors (Lipinski definition) is 4. The van der Waals surface area contributed by atoms with E-state index in [1.807, 2.05) is 6.92 Å².